The number of halogens is 2. The standard InChI is InChI=1S/C16H23F2N5O/c1-15(2,3)14-20-12(22-6-5-16(17,18)9-22)11-13(21-14)23(10-19-11)7-8-24-4/h10H,5-9H2,1-4H3. The molecule has 0 atom stereocenters. The first-order valence-corrected chi connectivity index (χ1v) is 8.06. The second kappa shape index (κ2) is 5.91. The summed E-state index contributed by atoms with van der Waals surface area (Å²) in [6.45, 7) is 7.09. The highest BCUT2D eigenvalue weighted by Crippen LogP contribution is 2.34. The Hall–Kier alpha value is -1.83. The molecule has 132 valence electrons. The minimum absolute atomic E-state index is 0.159. The lowest BCUT2D eigenvalue weighted by molar-refractivity contribution is 0.0257. The summed E-state index contributed by atoms with van der Waals surface area (Å²) in [7, 11) is 1.63. The molecule has 0 spiro atoms. The van der Waals surface area contributed by atoms with Crippen molar-refractivity contribution in [1.29, 1.82) is 0 Å². The van der Waals surface area contributed by atoms with Crippen molar-refractivity contribution in [3.05, 3.63) is 12.2 Å². The fourth-order valence-electron chi connectivity index (χ4n) is 2.76. The van der Waals surface area contributed by atoms with E-state index in [1.807, 2.05) is 25.3 Å². The van der Waals surface area contributed by atoms with E-state index in [0.29, 0.717) is 36.0 Å². The normalized spacial score (nSPS) is 17.8. The fourth-order valence-corrected chi connectivity index (χ4v) is 2.76. The van der Waals surface area contributed by atoms with Crippen LogP contribution in [-0.4, -0.2) is 52.2 Å². The van der Waals surface area contributed by atoms with Crippen LogP contribution in [0.5, 0.6) is 0 Å². The first-order valence-electron chi connectivity index (χ1n) is 8.06. The number of aromatic nitrogens is 4. The zero-order valence-electron chi connectivity index (χ0n) is 14.5. The van der Waals surface area contributed by atoms with E-state index in [2.05, 4.69) is 15.0 Å². The molecular formula is C16H23F2N5O. The number of rotatable bonds is 4. The van der Waals surface area contributed by atoms with Gasteiger partial charge in [-0.15, -0.1) is 0 Å². The van der Waals surface area contributed by atoms with E-state index in [4.69, 9.17) is 4.74 Å². The van der Waals surface area contributed by atoms with E-state index >= 15 is 0 Å². The lowest BCUT2D eigenvalue weighted by Gasteiger charge is -2.22. The number of methoxy groups -OCH3 is 1. The molecule has 24 heavy (non-hydrogen) atoms. The van der Waals surface area contributed by atoms with Gasteiger partial charge in [-0.2, -0.15) is 0 Å². The van der Waals surface area contributed by atoms with Gasteiger partial charge in [-0.25, -0.2) is 23.7 Å². The quantitative estimate of drug-likeness (QED) is 0.857. The highest BCUT2D eigenvalue weighted by Gasteiger charge is 2.40. The minimum Gasteiger partial charge on any atom is -0.383 e. The Bertz CT molecular complexity index is 738. The van der Waals surface area contributed by atoms with Gasteiger partial charge in [0.05, 0.1) is 19.5 Å². The van der Waals surface area contributed by atoms with Gasteiger partial charge >= 0.3 is 0 Å². The number of ether oxygens (including phenoxy) is 1. The summed E-state index contributed by atoms with van der Waals surface area (Å²) in [5.74, 6) is -1.56. The molecule has 1 aliphatic rings. The monoisotopic (exact) mass is 339 g/mol. The third kappa shape index (κ3) is 3.19. The van der Waals surface area contributed by atoms with Gasteiger partial charge in [0.1, 0.15) is 5.82 Å². The van der Waals surface area contributed by atoms with Crippen LogP contribution in [0, 0.1) is 0 Å². The molecule has 1 saturated heterocycles. The molecule has 0 saturated carbocycles. The summed E-state index contributed by atoms with van der Waals surface area (Å²) in [6.07, 6.45) is 1.51. The van der Waals surface area contributed by atoms with Crippen molar-refractivity contribution in [3.8, 4) is 0 Å². The summed E-state index contributed by atoms with van der Waals surface area (Å²) in [5.41, 5.74) is 0.940. The number of fused-ring (bicyclic) bond motifs is 1. The van der Waals surface area contributed by atoms with Crippen LogP contribution >= 0.6 is 0 Å². The molecule has 0 aromatic carbocycles. The summed E-state index contributed by atoms with van der Waals surface area (Å²) in [5, 5.41) is 0. The van der Waals surface area contributed by atoms with Crippen molar-refractivity contribution < 1.29 is 13.5 Å². The van der Waals surface area contributed by atoms with Crippen LogP contribution in [0.1, 0.15) is 33.0 Å². The predicted molar refractivity (Wildman–Crippen MR) is 87.7 cm³/mol. The number of nitrogens with zero attached hydrogens (tertiary/aromatic N) is 5. The Labute approximate surface area is 139 Å². The number of hydrogen-bond donors (Lipinski definition) is 0. The molecule has 1 fully saturated rings. The predicted octanol–water partition coefficient (Wildman–Crippen LogP) is 2.62. The van der Waals surface area contributed by atoms with E-state index < -0.39 is 5.92 Å². The summed E-state index contributed by atoms with van der Waals surface area (Å²) in [6, 6.07) is 0. The Morgan fingerprint density at radius 1 is 1.29 bits per heavy atom. The van der Waals surface area contributed by atoms with E-state index in [9.17, 15) is 8.78 Å². The van der Waals surface area contributed by atoms with Crippen LogP contribution in [0.25, 0.3) is 11.2 Å². The molecule has 0 unspecified atom stereocenters. The fraction of sp³-hybridized carbons (Fsp3) is 0.688. The lowest BCUT2D eigenvalue weighted by Crippen LogP contribution is -2.27. The average Bonchev–Trinajstić information content (AvgIpc) is 3.06. The highest BCUT2D eigenvalue weighted by atomic mass is 19.3. The molecule has 3 rings (SSSR count). The number of alkyl halides is 2. The van der Waals surface area contributed by atoms with Gasteiger partial charge in [-0.05, 0) is 0 Å². The first kappa shape index (κ1) is 17.0. The van der Waals surface area contributed by atoms with E-state index in [-0.39, 0.29) is 24.9 Å². The number of hydrogen-bond acceptors (Lipinski definition) is 5. The Morgan fingerprint density at radius 2 is 2.04 bits per heavy atom. The molecule has 0 radical (unpaired) electrons. The maximum atomic E-state index is 13.7. The van der Waals surface area contributed by atoms with Gasteiger partial charge in [-0.3, -0.25) is 0 Å². The van der Waals surface area contributed by atoms with E-state index in [0.717, 1.165) is 0 Å². The molecular weight excluding hydrogens is 316 g/mol. The molecule has 0 N–H and O–H groups in total. The topological polar surface area (TPSA) is 56.1 Å². The average molecular weight is 339 g/mol. The van der Waals surface area contributed by atoms with Gasteiger partial charge in [0, 0.05) is 32.0 Å². The van der Waals surface area contributed by atoms with Gasteiger partial charge in [0.15, 0.2) is 17.0 Å². The van der Waals surface area contributed by atoms with Gasteiger partial charge in [0.2, 0.25) is 0 Å². The van der Waals surface area contributed by atoms with Crippen LogP contribution in [0.3, 0.4) is 0 Å². The Balaban J connectivity index is 2.11. The second-order valence-electron chi connectivity index (χ2n) is 7.25. The highest BCUT2D eigenvalue weighted by molar-refractivity contribution is 5.84. The SMILES string of the molecule is COCCn1cnc2c(N3CCC(F)(F)C3)nc(C(C)(C)C)nc21. The third-order valence-corrected chi connectivity index (χ3v) is 4.12. The van der Waals surface area contributed by atoms with Gasteiger partial charge in [0.25, 0.3) is 5.92 Å². The largest absolute Gasteiger partial charge is 0.383 e. The van der Waals surface area contributed by atoms with Crippen molar-refractivity contribution >= 4 is 17.0 Å². The van der Waals surface area contributed by atoms with Crippen molar-refractivity contribution in [2.45, 2.75) is 45.1 Å². The van der Waals surface area contributed by atoms with E-state index in [1.165, 1.54) is 0 Å². The van der Waals surface area contributed by atoms with Gasteiger partial charge in [-0.1, -0.05) is 20.8 Å². The Kier molecular flexibility index (Phi) is 4.19. The molecule has 0 amide bonds. The molecule has 0 aliphatic carbocycles. The van der Waals surface area contributed by atoms with Crippen molar-refractivity contribution in [2.24, 2.45) is 0 Å². The first-order chi connectivity index (χ1) is 11.2. The smallest absolute Gasteiger partial charge is 0.266 e. The van der Waals surface area contributed by atoms with Crippen molar-refractivity contribution in [1.82, 2.24) is 19.5 Å². The summed E-state index contributed by atoms with van der Waals surface area (Å²) in [4.78, 5) is 15.2. The number of imidazole rings is 1. The molecule has 3 heterocycles. The second-order valence-corrected chi connectivity index (χ2v) is 7.25. The summed E-state index contributed by atoms with van der Waals surface area (Å²) >= 11 is 0. The number of anilines is 1. The zero-order valence-corrected chi connectivity index (χ0v) is 14.5. The molecule has 1 aliphatic heterocycles. The van der Waals surface area contributed by atoms with Crippen LogP contribution in [0.4, 0.5) is 14.6 Å². The van der Waals surface area contributed by atoms with E-state index in [1.54, 1.807) is 18.3 Å². The van der Waals surface area contributed by atoms with Crippen LogP contribution in [-0.2, 0) is 16.7 Å². The van der Waals surface area contributed by atoms with Crippen LogP contribution in [0.15, 0.2) is 6.33 Å². The molecule has 6 nitrogen and oxygen atoms in total. The van der Waals surface area contributed by atoms with Gasteiger partial charge < -0.3 is 14.2 Å². The maximum Gasteiger partial charge on any atom is 0.266 e. The summed E-state index contributed by atoms with van der Waals surface area (Å²) < 4.78 is 34.3. The molecule has 2 aromatic heterocycles. The molecule has 2 aromatic rings. The zero-order chi connectivity index (χ0) is 17.5. The Morgan fingerprint density at radius 3 is 2.62 bits per heavy atom. The maximum absolute atomic E-state index is 13.7. The third-order valence-electron chi connectivity index (χ3n) is 4.12. The minimum atomic E-state index is -2.68. The van der Waals surface area contributed by atoms with Crippen molar-refractivity contribution in [3.63, 3.8) is 0 Å². The molecule has 0 bridgehead atoms. The lowest BCUT2D eigenvalue weighted by atomic mass is 9.96. The van der Waals surface area contributed by atoms with Crippen molar-refractivity contribution in [2.75, 3.05) is 31.7 Å². The van der Waals surface area contributed by atoms with Crippen LogP contribution < -0.4 is 4.90 Å². The molecule has 8 heteroatoms. The van der Waals surface area contributed by atoms with Crippen LogP contribution in [0.2, 0.25) is 0 Å².